The molecule has 0 radical (unpaired) electrons. The summed E-state index contributed by atoms with van der Waals surface area (Å²) < 4.78 is 0. The van der Waals surface area contributed by atoms with Gasteiger partial charge >= 0.3 is 5.97 Å². The number of benzene rings is 1. The van der Waals surface area contributed by atoms with E-state index < -0.39 is 5.97 Å². The monoisotopic (exact) mass is 255 g/mol. The summed E-state index contributed by atoms with van der Waals surface area (Å²) in [6.45, 7) is 5.47. The molecule has 94 valence electrons. The Labute approximate surface area is 107 Å². The highest BCUT2D eigenvalue weighted by Crippen LogP contribution is 2.22. The van der Waals surface area contributed by atoms with E-state index in [4.69, 9.17) is 16.7 Å². The minimum absolute atomic E-state index is 0.165. The molecule has 3 nitrogen and oxygen atoms in total. The highest BCUT2D eigenvalue weighted by atomic mass is 35.5. The predicted molar refractivity (Wildman–Crippen MR) is 69.4 cm³/mol. The van der Waals surface area contributed by atoms with Gasteiger partial charge in [0, 0.05) is 17.6 Å². The number of carboxylic acids is 1. The molecular formula is C13H18ClNO2. The van der Waals surface area contributed by atoms with Gasteiger partial charge in [-0.1, -0.05) is 30.7 Å². The normalized spacial score (nSPS) is 12.7. The van der Waals surface area contributed by atoms with E-state index in [0.29, 0.717) is 11.6 Å². The van der Waals surface area contributed by atoms with E-state index in [0.717, 1.165) is 12.1 Å². The highest BCUT2D eigenvalue weighted by Gasteiger charge is 2.15. The van der Waals surface area contributed by atoms with Gasteiger partial charge in [-0.05, 0) is 31.2 Å². The van der Waals surface area contributed by atoms with Crippen LogP contribution in [0.25, 0.3) is 0 Å². The average molecular weight is 256 g/mol. The minimum atomic E-state index is -0.762. The van der Waals surface area contributed by atoms with Gasteiger partial charge in [0.1, 0.15) is 0 Å². The van der Waals surface area contributed by atoms with Crippen LogP contribution >= 0.6 is 11.6 Å². The standard InChI is InChI=1S/C13H18ClNO2/c1-3-15(8-7-13(16)17)10(2)11-5-4-6-12(14)9-11/h4-6,9-10H,3,7-8H2,1-2H3,(H,16,17). The number of hydrogen-bond donors (Lipinski definition) is 1. The number of hydrogen-bond acceptors (Lipinski definition) is 2. The van der Waals surface area contributed by atoms with Crippen LogP contribution in [0.2, 0.25) is 5.02 Å². The smallest absolute Gasteiger partial charge is 0.304 e. The second kappa shape index (κ2) is 6.62. The first-order valence-electron chi connectivity index (χ1n) is 5.76. The van der Waals surface area contributed by atoms with Crippen molar-refractivity contribution in [3.8, 4) is 0 Å². The van der Waals surface area contributed by atoms with Crippen molar-refractivity contribution in [2.24, 2.45) is 0 Å². The molecule has 1 N–H and O–H groups in total. The Bertz CT molecular complexity index is 381. The van der Waals surface area contributed by atoms with Crippen LogP contribution in [-0.4, -0.2) is 29.1 Å². The van der Waals surface area contributed by atoms with Crippen LogP contribution in [0, 0.1) is 0 Å². The first-order chi connectivity index (χ1) is 8.04. The molecule has 0 bridgehead atoms. The van der Waals surface area contributed by atoms with Crippen molar-refractivity contribution in [3.05, 3.63) is 34.9 Å². The van der Waals surface area contributed by atoms with Gasteiger partial charge < -0.3 is 5.11 Å². The number of nitrogens with zero attached hydrogens (tertiary/aromatic N) is 1. The third-order valence-electron chi connectivity index (χ3n) is 2.90. The highest BCUT2D eigenvalue weighted by molar-refractivity contribution is 6.30. The molecule has 0 aliphatic carbocycles. The second-order valence-corrected chi connectivity index (χ2v) is 4.44. The molecular weight excluding hydrogens is 238 g/mol. The maximum atomic E-state index is 10.6. The minimum Gasteiger partial charge on any atom is -0.481 e. The Hall–Kier alpha value is -1.06. The lowest BCUT2D eigenvalue weighted by atomic mass is 10.1. The zero-order valence-corrected chi connectivity index (χ0v) is 10.9. The zero-order chi connectivity index (χ0) is 12.8. The van der Waals surface area contributed by atoms with Gasteiger partial charge in [0.2, 0.25) is 0 Å². The number of carbonyl (C=O) groups is 1. The quantitative estimate of drug-likeness (QED) is 0.849. The summed E-state index contributed by atoms with van der Waals surface area (Å²) in [6.07, 6.45) is 0.165. The number of carboxylic acid groups (broad SMARTS) is 1. The maximum Gasteiger partial charge on any atom is 0.304 e. The van der Waals surface area contributed by atoms with Crippen molar-refractivity contribution >= 4 is 17.6 Å². The molecule has 0 amide bonds. The SMILES string of the molecule is CCN(CCC(=O)O)C(C)c1cccc(Cl)c1. The van der Waals surface area contributed by atoms with Gasteiger partial charge in [-0.15, -0.1) is 0 Å². The lowest BCUT2D eigenvalue weighted by Gasteiger charge is -2.27. The molecule has 0 aliphatic rings. The number of aliphatic carboxylic acids is 1. The van der Waals surface area contributed by atoms with Crippen molar-refractivity contribution in [2.75, 3.05) is 13.1 Å². The fraction of sp³-hybridized carbons (Fsp3) is 0.462. The third-order valence-corrected chi connectivity index (χ3v) is 3.13. The molecule has 0 aromatic heterocycles. The van der Waals surface area contributed by atoms with E-state index in [1.54, 1.807) is 0 Å². The summed E-state index contributed by atoms with van der Waals surface area (Å²) in [4.78, 5) is 12.7. The molecule has 0 spiro atoms. The van der Waals surface area contributed by atoms with E-state index in [1.807, 2.05) is 31.2 Å². The molecule has 4 heteroatoms. The molecule has 17 heavy (non-hydrogen) atoms. The molecule has 0 aliphatic heterocycles. The zero-order valence-electron chi connectivity index (χ0n) is 10.2. The van der Waals surface area contributed by atoms with Gasteiger partial charge in [-0.3, -0.25) is 9.69 Å². The number of rotatable bonds is 6. The lowest BCUT2D eigenvalue weighted by Crippen LogP contribution is -2.29. The van der Waals surface area contributed by atoms with E-state index in [1.165, 1.54) is 0 Å². The molecule has 1 unspecified atom stereocenters. The average Bonchev–Trinajstić information content (AvgIpc) is 2.29. The van der Waals surface area contributed by atoms with Crippen molar-refractivity contribution in [1.29, 1.82) is 0 Å². The summed E-state index contributed by atoms with van der Waals surface area (Å²) in [5.74, 6) is -0.762. The summed E-state index contributed by atoms with van der Waals surface area (Å²) >= 11 is 5.95. The van der Waals surface area contributed by atoms with E-state index >= 15 is 0 Å². The summed E-state index contributed by atoms with van der Waals surface area (Å²) in [6, 6.07) is 7.87. The molecule has 0 saturated heterocycles. The Kier molecular flexibility index (Phi) is 5.45. The van der Waals surface area contributed by atoms with Crippen molar-refractivity contribution in [3.63, 3.8) is 0 Å². The molecule has 0 heterocycles. The van der Waals surface area contributed by atoms with Gasteiger partial charge in [-0.25, -0.2) is 0 Å². The van der Waals surface area contributed by atoms with Crippen LogP contribution in [0.5, 0.6) is 0 Å². The predicted octanol–water partition coefficient (Wildman–Crippen LogP) is 3.20. The van der Waals surface area contributed by atoms with Gasteiger partial charge in [0.05, 0.1) is 6.42 Å². The summed E-state index contributed by atoms with van der Waals surface area (Å²) in [5.41, 5.74) is 1.12. The lowest BCUT2D eigenvalue weighted by molar-refractivity contribution is -0.137. The fourth-order valence-electron chi connectivity index (χ4n) is 1.84. The molecule has 0 saturated carbocycles. The van der Waals surface area contributed by atoms with Crippen LogP contribution in [0.3, 0.4) is 0 Å². The third kappa shape index (κ3) is 4.36. The van der Waals surface area contributed by atoms with E-state index in [-0.39, 0.29) is 12.5 Å². The first-order valence-corrected chi connectivity index (χ1v) is 6.13. The summed E-state index contributed by atoms with van der Waals surface area (Å²) in [5, 5.41) is 9.42. The van der Waals surface area contributed by atoms with Crippen LogP contribution in [0.1, 0.15) is 31.9 Å². The Balaban J connectivity index is 2.71. The van der Waals surface area contributed by atoms with E-state index in [9.17, 15) is 4.79 Å². The fourth-order valence-corrected chi connectivity index (χ4v) is 2.04. The van der Waals surface area contributed by atoms with Gasteiger partial charge in [0.25, 0.3) is 0 Å². The van der Waals surface area contributed by atoms with Gasteiger partial charge in [-0.2, -0.15) is 0 Å². The van der Waals surface area contributed by atoms with Crippen molar-refractivity contribution in [1.82, 2.24) is 4.90 Å². The van der Waals surface area contributed by atoms with Crippen LogP contribution in [0.15, 0.2) is 24.3 Å². The van der Waals surface area contributed by atoms with Crippen LogP contribution in [0.4, 0.5) is 0 Å². The first kappa shape index (κ1) is 14.0. The molecule has 1 aromatic carbocycles. The Morgan fingerprint density at radius 1 is 1.53 bits per heavy atom. The van der Waals surface area contributed by atoms with Crippen molar-refractivity contribution in [2.45, 2.75) is 26.3 Å². The Morgan fingerprint density at radius 2 is 2.24 bits per heavy atom. The molecule has 0 fully saturated rings. The van der Waals surface area contributed by atoms with Gasteiger partial charge in [0.15, 0.2) is 0 Å². The van der Waals surface area contributed by atoms with Crippen molar-refractivity contribution < 1.29 is 9.90 Å². The van der Waals surface area contributed by atoms with Crippen LogP contribution in [-0.2, 0) is 4.79 Å². The van der Waals surface area contributed by atoms with E-state index in [2.05, 4.69) is 11.8 Å². The molecule has 1 aromatic rings. The van der Waals surface area contributed by atoms with Crippen LogP contribution < -0.4 is 0 Å². The molecule has 1 rings (SSSR count). The number of halogens is 1. The summed E-state index contributed by atoms with van der Waals surface area (Å²) in [7, 11) is 0. The maximum absolute atomic E-state index is 10.6. The largest absolute Gasteiger partial charge is 0.481 e. The Morgan fingerprint density at radius 3 is 2.76 bits per heavy atom. The molecule has 1 atom stereocenters. The topological polar surface area (TPSA) is 40.5 Å². The second-order valence-electron chi connectivity index (χ2n) is 4.00.